The van der Waals surface area contributed by atoms with E-state index in [1.54, 1.807) is 12.4 Å². The van der Waals surface area contributed by atoms with E-state index in [2.05, 4.69) is 22.4 Å². The van der Waals surface area contributed by atoms with Crippen LogP contribution in [0.2, 0.25) is 0 Å². The summed E-state index contributed by atoms with van der Waals surface area (Å²) in [5, 5.41) is 2.97. The molecule has 1 aliphatic heterocycles. The highest BCUT2D eigenvalue weighted by molar-refractivity contribution is 5.94. The van der Waals surface area contributed by atoms with Gasteiger partial charge in [0.05, 0.1) is 6.54 Å². The Balaban J connectivity index is 1.45. The summed E-state index contributed by atoms with van der Waals surface area (Å²) in [7, 11) is 0. The van der Waals surface area contributed by atoms with Crippen molar-refractivity contribution in [1.82, 2.24) is 15.2 Å². The van der Waals surface area contributed by atoms with Crippen LogP contribution >= 0.6 is 0 Å². The number of carbonyl (C=O) groups excluding carboxylic acids is 2. The summed E-state index contributed by atoms with van der Waals surface area (Å²) in [5.74, 6) is 1.35. The van der Waals surface area contributed by atoms with Crippen LogP contribution in [0, 0.1) is 5.92 Å². The number of amides is 2. The number of hydrogen-bond donors (Lipinski definition) is 1. The molecule has 3 aromatic rings. The van der Waals surface area contributed by atoms with Crippen LogP contribution in [0.5, 0.6) is 5.75 Å². The molecule has 2 amide bonds. The molecule has 1 fully saturated rings. The van der Waals surface area contributed by atoms with Gasteiger partial charge >= 0.3 is 0 Å². The highest BCUT2D eigenvalue weighted by Crippen LogP contribution is 2.33. The number of rotatable bonds is 3. The largest absolute Gasteiger partial charge is 0.491 e. The zero-order chi connectivity index (χ0) is 23.3. The second-order valence-electron chi connectivity index (χ2n) is 9.07. The van der Waals surface area contributed by atoms with E-state index in [4.69, 9.17) is 4.74 Å². The first kappa shape index (κ1) is 22.1. The van der Waals surface area contributed by atoms with E-state index in [1.807, 2.05) is 47.4 Å². The van der Waals surface area contributed by atoms with Gasteiger partial charge in [-0.15, -0.1) is 0 Å². The molecule has 5 rings (SSSR count). The molecule has 174 valence electrons. The minimum Gasteiger partial charge on any atom is -0.491 e. The number of hydrogen-bond acceptors (Lipinski definition) is 4. The molecule has 2 bridgehead atoms. The quantitative estimate of drug-likeness (QED) is 0.646. The van der Waals surface area contributed by atoms with Crippen molar-refractivity contribution in [3.8, 4) is 16.9 Å². The van der Waals surface area contributed by atoms with Gasteiger partial charge in [-0.2, -0.15) is 0 Å². The summed E-state index contributed by atoms with van der Waals surface area (Å²) in [6.45, 7) is 1.81. The number of pyridine rings is 1. The highest BCUT2D eigenvalue weighted by atomic mass is 16.5. The maximum absolute atomic E-state index is 12.8. The molecular weight excluding hydrogens is 426 g/mol. The van der Waals surface area contributed by atoms with Gasteiger partial charge in [0.25, 0.3) is 5.91 Å². The summed E-state index contributed by atoms with van der Waals surface area (Å²) >= 11 is 0. The van der Waals surface area contributed by atoms with Crippen molar-refractivity contribution in [3.05, 3.63) is 83.7 Å². The highest BCUT2D eigenvalue weighted by Gasteiger charge is 2.27. The first-order valence-corrected chi connectivity index (χ1v) is 12.0. The molecule has 0 radical (unpaired) electrons. The Morgan fingerprint density at radius 1 is 1.00 bits per heavy atom. The lowest BCUT2D eigenvalue weighted by Crippen LogP contribution is -2.41. The van der Waals surface area contributed by atoms with Crippen molar-refractivity contribution in [2.24, 2.45) is 5.92 Å². The Labute approximate surface area is 200 Å². The molecule has 0 atom stereocenters. The summed E-state index contributed by atoms with van der Waals surface area (Å²) in [6.07, 6.45) is 7.06. The van der Waals surface area contributed by atoms with Gasteiger partial charge < -0.3 is 15.0 Å². The SMILES string of the molecule is O=C1NCCN(C(=O)CC2CC2)CCOc2ccc(-c3ccncc3)cc2Cc2cccc1c2. The van der Waals surface area contributed by atoms with Crippen molar-refractivity contribution in [3.63, 3.8) is 0 Å². The van der Waals surface area contributed by atoms with Crippen LogP contribution in [0.15, 0.2) is 67.0 Å². The van der Waals surface area contributed by atoms with Gasteiger partial charge in [-0.3, -0.25) is 14.6 Å². The van der Waals surface area contributed by atoms with Crippen LogP contribution in [0.25, 0.3) is 11.1 Å². The molecule has 2 aromatic carbocycles. The normalized spacial score (nSPS) is 16.6. The lowest BCUT2D eigenvalue weighted by molar-refractivity contribution is -0.131. The third-order valence-corrected chi connectivity index (χ3v) is 6.46. The number of fused-ring (bicyclic) bond motifs is 3. The van der Waals surface area contributed by atoms with Gasteiger partial charge in [0.15, 0.2) is 0 Å². The molecule has 0 unspecified atom stereocenters. The number of carbonyl (C=O) groups is 2. The van der Waals surface area contributed by atoms with Crippen LogP contribution in [0.1, 0.15) is 40.7 Å². The number of ether oxygens (including phenoxy) is 1. The van der Waals surface area contributed by atoms with Gasteiger partial charge in [-0.25, -0.2) is 0 Å². The Morgan fingerprint density at radius 3 is 2.68 bits per heavy atom. The van der Waals surface area contributed by atoms with E-state index >= 15 is 0 Å². The first-order chi connectivity index (χ1) is 16.7. The third kappa shape index (κ3) is 5.45. The Morgan fingerprint density at radius 2 is 1.85 bits per heavy atom. The summed E-state index contributed by atoms with van der Waals surface area (Å²) in [5.41, 5.74) is 4.88. The molecule has 6 heteroatoms. The molecule has 1 N–H and O–H groups in total. The van der Waals surface area contributed by atoms with Gasteiger partial charge in [-0.1, -0.05) is 18.2 Å². The molecule has 34 heavy (non-hydrogen) atoms. The van der Waals surface area contributed by atoms with E-state index < -0.39 is 0 Å². The van der Waals surface area contributed by atoms with Crippen LogP contribution in [-0.2, 0) is 11.2 Å². The van der Waals surface area contributed by atoms with Crippen molar-refractivity contribution < 1.29 is 14.3 Å². The number of nitrogens with zero attached hydrogens (tertiary/aromatic N) is 2. The molecule has 1 aliphatic carbocycles. The average Bonchev–Trinajstić information content (AvgIpc) is 3.68. The third-order valence-electron chi connectivity index (χ3n) is 6.46. The molecule has 1 aromatic heterocycles. The van der Waals surface area contributed by atoms with Crippen LogP contribution in [0.4, 0.5) is 0 Å². The van der Waals surface area contributed by atoms with Crippen LogP contribution in [-0.4, -0.2) is 47.9 Å². The zero-order valence-corrected chi connectivity index (χ0v) is 19.2. The van der Waals surface area contributed by atoms with E-state index in [0.717, 1.165) is 40.8 Å². The smallest absolute Gasteiger partial charge is 0.251 e. The molecule has 1 saturated carbocycles. The zero-order valence-electron chi connectivity index (χ0n) is 19.2. The maximum Gasteiger partial charge on any atom is 0.251 e. The van der Waals surface area contributed by atoms with Crippen molar-refractivity contribution >= 4 is 11.8 Å². The van der Waals surface area contributed by atoms with Crippen LogP contribution < -0.4 is 10.1 Å². The van der Waals surface area contributed by atoms with Gasteiger partial charge in [0, 0.05) is 43.9 Å². The average molecular weight is 456 g/mol. The molecule has 2 heterocycles. The number of aromatic nitrogens is 1. The minimum absolute atomic E-state index is 0.115. The molecule has 0 saturated heterocycles. The topological polar surface area (TPSA) is 71.5 Å². The van der Waals surface area contributed by atoms with Gasteiger partial charge in [0.2, 0.25) is 5.91 Å². The Bertz CT molecular complexity index is 1170. The van der Waals surface area contributed by atoms with Gasteiger partial charge in [-0.05, 0) is 77.4 Å². The molecular formula is C28H29N3O3. The van der Waals surface area contributed by atoms with E-state index in [-0.39, 0.29) is 11.8 Å². The fraction of sp³-hybridized carbons (Fsp3) is 0.321. The molecule has 2 aliphatic rings. The number of benzene rings is 2. The monoisotopic (exact) mass is 455 g/mol. The second kappa shape index (κ2) is 10.1. The second-order valence-corrected chi connectivity index (χ2v) is 9.07. The van der Waals surface area contributed by atoms with E-state index in [1.165, 1.54) is 0 Å². The summed E-state index contributed by atoms with van der Waals surface area (Å²) in [4.78, 5) is 31.5. The molecule has 6 nitrogen and oxygen atoms in total. The summed E-state index contributed by atoms with van der Waals surface area (Å²) < 4.78 is 6.22. The van der Waals surface area contributed by atoms with E-state index in [0.29, 0.717) is 50.6 Å². The van der Waals surface area contributed by atoms with Crippen molar-refractivity contribution in [2.75, 3.05) is 26.2 Å². The minimum atomic E-state index is -0.115. The summed E-state index contributed by atoms with van der Waals surface area (Å²) in [6, 6.07) is 17.9. The van der Waals surface area contributed by atoms with Crippen LogP contribution in [0.3, 0.4) is 0 Å². The Kier molecular flexibility index (Phi) is 6.56. The standard InChI is InChI=1S/C28H29N3O3/c32-27(18-20-4-5-20)31-13-12-30-28(33)24-3-1-2-21(16-24)17-25-19-23(22-8-10-29-11-9-22)6-7-26(25)34-15-14-31/h1-3,6-11,16,19-20H,4-5,12-15,17-18H2,(H,30,33). The van der Waals surface area contributed by atoms with Crippen molar-refractivity contribution in [1.29, 1.82) is 0 Å². The van der Waals surface area contributed by atoms with Gasteiger partial charge in [0.1, 0.15) is 12.4 Å². The lowest BCUT2D eigenvalue weighted by Gasteiger charge is -2.24. The number of nitrogens with one attached hydrogen (secondary N) is 1. The first-order valence-electron chi connectivity index (χ1n) is 12.0. The molecule has 0 spiro atoms. The predicted molar refractivity (Wildman–Crippen MR) is 131 cm³/mol. The maximum atomic E-state index is 12.8. The fourth-order valence-corrected chi connectivity index (χ4v) is 4.36. The Hall–Kier alpha value is -3.67. The lowest BCUT2D eigenvalue weighted by atomic mass is 9.97. The van der Waals surface area contributed by atoms with E-state index in [9.17, 15) is 9.59 Å². The predicted octanol–water partition coefficient (Wildman–Crippen LogP) is 4.09. The van der Waals surface area contributed by atoms with Crippen molar-refractivity contribution in [2.45, 2.75) is 25.7 Å². The fourth-order valence-electron chi connectivity index (χ4n) is 4.36.